The number of halogens is 1. The van der Waals surface area contributed by atoms with Gasteiger partial charge in [-0.05, 0) is 30.5 Å². The smallest absolute Gasteiger partial charge is 0.223 e. The summed E-state index contributed by atoms with van der Waals surface area (Å²) in [5.41, 5.74) is 0.572. The lowest BCUT2D eigenvalue weighted by Crippen LogP contribution is -2.34. The van der Waals surface area contributed by atoms with Crippen LogP contribution in [-0.2, 0) is 9.59 Å². The molecule has 1 aromatic rings. The zero-order chi connectivity index (χ0) is 17.4. The molecule has 0 unspecified atom stereocenters. The summed E-state index contributed by atoms with van der Waals surface area (Å²) in [5.74, 6) is 0.850. The molecule has 128 valence electrons. The fourth-order valence-electron chi connectivity index (χ4n) is 2.12. The van der Waals surface area contributed by atoms with Crippen molar-refractivity contribution < 1.29 is 14.3 Å². The molecule has 0 radical (unpaired) electrons. The number of anilines is 1. The predicted octanol–water partition coefficient (Wildman–Crippen LogP) is 3.25. The Kier molecular flexibility index (Phi) is 7.89. The van der Waals surface area contributed by atoms with Crippen LogP contribution in [0.4, 0.5) is 5.69 Å². The van der Waals surface area contributed by atoms with Gasteiger partial charge in [0.05, 0.1) is 12.8 Å². The molecular formula is C17H25ClN2O3. The topological polar surface area (TPSA) is 58.6 Å². The highest BCUT2D eigenvalue weighted by atomic mass is 35.5. The van der Waals surface area contributed by atoms with Crippen LogP contribution >= 0.6 is 11.6 Å². The van der Waals surface area contributed by atoms with E-state index in [2.05, 4.69) is 19.2 Å². The van der Waals surface area contributed by atoms with Crippen molar-refractivity contribution in [1.29, 1.82) is 0 Å². The molecule has 0 fully saturated rings. The van der Waals surface area contributed by atoms with Crippen LogP contribution in [0.2, 0.25) is 5.02 Å². The zero-order valence-corrected chi connectivity index (χ0v) is 14.9. The van der Waals surface area contributed by atoms with Crippen LogP contribution in [0.1, 0.15) is 33.6 Å². The second-order valence-electron chi connectivity index (χ2n) is 5.77. The molecule has 1 aromatic carbocycles. The molecular weight excluding hydrogens is 316 g/mol. The fraction of sp³-hybridized carbons (Fsp3) is 0.529. The molecule has 0 spiro atoms. The third-order valence-corrected chi connectivity index (χ3v) is 3.65. The first-order chi connectivity index (χ1) is 10.8. The molecule has 0 heterocycles. The Labute approximate surface area is 142 Å². The lowest BCUT2D eigenvalue weighted by Gasteiger charge is -2.23. The first-order valence-corrected chi connectivity index (χ1v) is 8.11. The number of hydrogen-bond acceptors (Lipinski definition) is 3. The van der Waals surface area contributed by atoms with E-state index in [0.717, 1.165) is 6.42 Å². The van der Waals surface area contributed by atoms with Gasteiger partial charge in [-0.2, -0.15) is 0 Å². The average Bonchev–Trinajstić information content (AvgIpc) is 2.47. The van der Waals surface area contributed by atoms with Crippen molar-refractivity contribution in [3.8, 4) is 5.75 Å². The van der Waals surface area contributed by atoms with Crippen LogP contribution in [-0.4, -0.2) is 32.0 Å². The minimum absolute atomic E-state index is 0.0714. The van der Waals surface area contributed by atoms with Gasteiger partial charge in [-0.3, -0.25) is 9.59 Å². The van der Waals surface area contributed by atoms with Gasteiger partial charge in [-0.1, -0.05) is 25.4 Å². The van der Waals surface area contributed by atoms with Gasteiger partial charge in [0.25, 0.3) is 0 Å². The Morgan fingerprint density at radius 3 is 2.61 bits per heavy atom. The summed E-state index contributed by atoms with van der Waals surface area (Å²) in [6.45, 7) is 6.59. The largest absolute Gasteiger partial charge is 0.495 e. The van der Waals surface area contributed by atoms with Crippen LogP contribution in [0.15, 0.2) is 18.2 Å². The molecule has 0 saturated carbocycles. The predicted molar refractivity (Wildman–Crippen MR) is 93.1 cm³/mol. The van der Waals surface area contributed by atoms with Crippen molar-refractivity contribution in [3.63, 3.8) is 0 Å². The van der Waals surface area contributed by atoms with Gasteiger partial charge in [0, 0.05) is 31.5 Å². The van der Waals surface area contributed by atoms with Crippen molar-refractivity contribution in [2.75, 3.05) is 25.1 Å². The highest BCUT2D eigenvalue weighted by Gasteiger charge is 2.18. The van der Waals surface area contributed by atoms with E-state index in [1.54, 1.807) is 18.2 Å². The van der Waals surface area contributed by atoms with Crippen molar-refractivity contribution in [2.24, 2.45) is 5.92 Å². The SMILES string of the molecule is COc1ccc(Cl)cc1N(CCC(=O)NCCC(C)C)C(C)=O. The maximum atomic E-state index is 11.9. The van der Waals surface area contributed by atoms with Crippen molar-refractivity contribution in [1.82, 2.24) is 5.32 Å². The Hall–Kier alpha value is -1.75. The molecule has 2 amide bonds. The third-order valence-electron chi connectivity index (χ3n) is 3.42. The number of ether oxygens (including phenoxy) is 1. The molecule has 1 N–H and O–H groups in total. The van der Waals surface area contributed by atoms with E-state index in [0.29, 0.717) is 28.9 Å². The lowest BCUT2D eigenvalue weighted by molar-refractivity contribution is -0.121. The highest BCUT2D eigenvalue weighted by Crippen LogP contribution is 2.31. The normalized spacial score (nSPS) is 10.5. The molecule has 1 rings (SSSR count). The molecule has 0 aliphatic heterocycles. The molecule has 0 aliphatic rings. The van der Waals surface area contributed by atoms with E-state index < -0.39 is 0 Å². The number of carbonyl (C=O) groups excluding carboxylic acids is 2. The van der Waals surface area contributed by atoms with E-state index in [4.69, 9.17) is 16.3 Å². The molecule has 0 aromatic heterocycles. The van der Waals surface area contributed by atoms with E-state index in [1.807, 2.05) is 0 Å². The van der Waals surface area contributed by atoms with Gasteiger partial charge in [0.1, 0.15) is 5.75 Å². The van der Waals surface area contributed by atoms with E-state index in [-0.39, 0.29) is 24.8 Å². The van der Waals surface area contributed by atoms with E-state index in [9.17, 15) is 9.59 Å². The number of nitrogens with zero attached hydrogens (tertiary/aromatic N) is 1. The number of rotatable bonds is 8. The maximum absolute atomic E-state index is 11.9. The molecule has 6 heteroatoms. The first-order valence-electron chi connectivity index (χ1n) is 7.73. The van der Waals surface area contributed by atoms with Gasteiger partial charge in [-0.15, -0.1) is 0 Å². The van der Waals surface area contributed by atoms with Crippen molar-refractivity contribution in [3.05, 3.63) is 23.2 Å². The Balaban J connectivity index is 2.71. The van der Waals surface area contributed by atoms with Gasteiger partial charge in [0.2, 0.25) is 11.8 Å². The second kappa shape index (κ2) is 9.40. The molecule has 5 nitrogen and oxygen atoms in total. The monoisotopic (exact) mass is 340 g/mol. The minimum Gasteiger partial charge on any atom is -0.495 e. The zero-order valence-electron chi connectivity index (χ0n) is 14.2. The van der Waals surface area contributed by atoms with Gasteiger partial charge in [0.15, 0.2) is 0 Å². The van der Waals surface area contributed by atoms with Gasteiger partial charge in [-0.25, -0.2) is 0 Å². The standard InChI is InChI=1S/C17H25ClN2O3/c1-12(2)7-9-19-17(22)8-10-20(13(3)21)15-11-14(18)5-6-16(15)23-4/h5-6,11-12H,7-10H2,1-4H3,(H,19,22). The van der Waals surface area contributed by atoms with Crippen LogP contribution in [0.3, 0.4) is 0 Å². The van der Waals surface area contributed by atoms with Gasteiger partial charge >= 0.3 is 0 Å². The number of hydrogen-bond donors (Lipinski definition) is 1. The summed E-state index contributed by atoms with van der Waals surface area (Å²) in [6, 6.07) is 5.07. The highest BCUT2D eigenvalue weighted by molar-refractivity contribution is 6.31. The average molecular weight is 341 g/mol. The summed E-state index contributed by atoms with van der Waals surface area (Å²) in [5, 5.41) is 3.37. The Bertz CT molecular complexity index is 547. The van der Waals surface area contributed by atoms with Crippen LogP contribution in [0, 0.1) is 5.92 Å². The van der Waals surface area contributed by atoms with Gasteiger partial charge < -0.3 is 15.0 Å². The summed E-state index contributed by atoms with van der Waals surface area (Å²) in [7, 11) is 1.53. The second-order valence-corrected chi connectivity index (χ2v) is 6.21. The Morgan fingerprint density at radius 1 is 1.35 bits per heavy atom. The quantitative estimate of drug-likeness (QED) is 0.790. The molecule has 23 heavy (non-hydrogen) atoms. The molecule has 0 atom stereocenters. The third kappa shape index (κ3) is 6.48. The number of benzene rings is 1. The van der Waals surface area contributed by atoms with Crippen molar-refractivity contribution >= 4 is 29.1 Å². The fourth-order valence-corrected chi connectivity index (χ4v) is 2.29. The van der Waals surface area contributed by atoms with Crippen LogP contribution in [0.25, 0.3) is 0 Å². The molecule has 0 saturated heterocycles. The summed E-state index contributed by atoms with van der Waals surface area (Å²) in [4.78, 5) is 25.3. The van der Waals surface area contributed by atoms with Crippen LogP contribution < -0.4 is 15.0 Å². The van der Waals surface area contributed by atoms with Crippen molar-refractivity contribution in [2.45, 2.75) is 33.6 Å². The summed E-state index contributed by atoms with van der Waals surface area (Å²) < 4.78 is 5.28. The summed E-state index contributed by atoms with van der Waals surface area (Å²) >= 11 is 6.01. The number of nitrogens with one attached hydrogen (secondary N) is 1. The number of amides is 2. The number of methoxy groups -OCH3 is 1. The molecule has 0 bridgehead atoms. The molecule has 0 aliphatic carbocycles. The maximum Gasteiger partial charge on any atom is 0.223 e. The van der Waals surface area contributed by atoms with Crippen LogP contribution in [0.5, 0.6) is 5.75 Å². The Morgan fingerprint density at radius 2 is 2.04 bits per heavy atom. The lowest BCUT2D eigenvalue weighted by atomic mass is 10.1. The number of carbonyl (C=O) groups is 2. The summed E-state index contributed by atoms with van der Waals surface area (Å²) in [6.07, 6.45) is 1.16. The first kappa shape index (κ1) is 19.3. The minimum atomic E-state index is -0.166. The van der Waals surface area contributed by atoms with E-state index in [1.165, 1.54) is 18.9 Å². The van der Waals surface area contributed by atoms with E-state index >= 15 is 0 Å².